The number of piperidine rings is 1. The molecule has 35 heavy (non-hydrogen) atoms. The predicted octanol–water partition coefficient (Wildman–Crippen LogP) is 1.95. The van der Waals surface area contributed by atoms with Crippen LogP contribution in [-0.2, 0) is 29.0 Å². The Morgan fingerprint density at radius 1 is 1.00 bits per heavy atom. The van der Waals surface area contributed by atoms with Gasteiger partial charge >= 0.3 is 0 Å². The molecule has 0 saturated carbocycles. The van der Waals surface area contributed by atoms with Crippen LogP contribution >= 0.6 is 0 Å². The summed E-state index contributed by atoms with van der Waals surface area (Å²) in [6.45, 7) is 2.40. The molecule has 5 rings (SSSR count). The highest BCUT2D eigenvalue weighted by atomic mass is 16.2. The Bertz CT molecular complexity index is 1190. The van der Waals surface area contributed by atoms with Gasteiger partial charge in [-0.1, -0.05) is 12.1 Å². The molecular weight excluding hydrogens is 446 g/mol. The molecule has 1 fully saturated rings. The molecule has 3 aliphatic heterocycles. The second-order valence-corrected chi connectivity index (χ2v) is 9.30. The average molecular weight is 476 g/mol. The second-order valence-electron chi connectivity index (χ2n) is 9.30. The fourth-order valence-corrected chi connectivity index (χ4v) is 4.93. The number of rotatable bonds is 8. The van der Waals surface area contributed by atoms with Crippen LogP contribution in [0.2, 0.25) is 0 Å². The first-order valence-electron chi connectivity index (χ1n) is 12.3. The summed E-state index contributed by atoms with van der Waals surface area (Å²) in [6.07, 6.45) is 5.47. The first kappa shape index (κ1) is 23.2. The molecule has 182 valence electrons. The summed E-state index contributed by atoms with van der Waals surface area (Å²) < 4.78 is 0. The van der Waals surface area contributed by atoms with Crippen LogP contribution in [0.1, 0.15) is 69.6 Å². The van der Waals surface area contributed by atoms with E-state index in [0.717, 1.165) is 67.2 Å². The summed E-state index contributed by atoms with van der Waals surface area (Å²) in [5.41, 5.74) is 3.93. The van der Waals surface area contributed by atoms with Crippen LogP contribution in [0.15, 0.2) is 30.3 Å². The van der Waals surface area contributed by atoms with Crippen molar-refractivity contribution in [3.63, 3.8) is 0 Å². The van der Waals surface area contributed by atoms with Gasteiger partial charge < -0.3 is 10.6 Å². The molecule has 0 aliphatic carbocycles. The van der Waals surface area contributed by atoms with E-state index in [1.54, 1.807) is 12.1 Å². The van der Waals surface area contributed by atoms with E-state index in [0.29, 0.717) is 17.7 Å². The molecule has 3 aliphatic rings. The van der Waals surface area contributed by atoms with Gasteiger partial charge in [-0.25, -0.2) is 4.98 Å². The Kier molecular flexibility index (Phi) is 6.59. The number of hydrogen-bond donors (Lipinski definition) is 3. The molecule has 9 nitrogen and oxygen atoms in total. The Morgan fingerprint density at radius 3 is 2.71 bits per heavy atom. The molecule has 0 radical (unpaired) electrons. The summed E-state index contributed by atoms with van der Waals surface area (Å²) in [5, 5.41) is 8.99. The normalized spacial score (nSPS) is 19.3. The number of aryl methyl sites for hydroxylation is 2. The molecule has 4 amide bonds. The van der Waals surface area contributed by atoms with E-state index in [2.05, 4.69) is 28.1 Å². The maximum Gasteiger partial charge on any atom is 0.262 e. The third kappa shape index (κ3) is 4.81. The number of imide groups is 2. The first-order valence-corrected chi connectivity index (χ1v) is 12.3. The first-order chi connectivity index (χ1) is 17.0. The van der Waals surface area contributed by atoms with Gasteiger partial charge in [0.05, 0.1) is 11.1 Å². The summed E-state index contributed by atoms with van der Waals surface area (Å²) >= 11 is 0. The molecule has 2 aromatic rings. The molecule has 1 aromatic carbocycles. The average Bonchev–Trinajstić information content (AvgIpc) is 3.10. The van der Waals surface area contributed by atoms with Crippen LogP contribution in [0.5, 0.6) is 0 Å². The van der Waals surface area contributed by atoms with Crippen molar-refractivity contribution in [2.24, 2.45) is 0 Å². The van der Waals surface area contributed by atoms with E-state index >= 15 is 0 Å². The zero-order valence-electron chi connectivity index (χ0n) is 19.6. The summed E-state index contributed by atoms with van der Waals surface area (Å²) in [7, 11) is 0. The lowest BCUT2D eigenvalue weighted by atomic mass is 10.0. The third-order valence-corrected chi connectivity index (χ3v) is 6.82. The number of carbonyl (C=O) groups is 4. The van der Waals surface area contributed by atoms with Crippen molar-refractivity contribution in [1.82, 2.24) is 20.5 Å². The zero-order chi connectivity index (χ0) is 24.4. The van der Waals surface area contributed by atoms with Gasteiger partial charge in [-0.05, 0) is 74.4 Å². The Hall–Kier alpha value is -3.59. The van der Waals surface area contributed by atoms with Crippen LogP contribution in [0.25, 0.3) is 0 Å². The number of carbonyl (C=O) groups excluding carboxylic acids is 4. The van der Waals surface area contributed by atoms with Crippen molar-refractivity contribution in [1.29, 1.82) is 0 Å². The number of benzene rings is 1. The van der Waals surface area contributed by atoms with Gasteiger partial charge in [0.1, 0.15) is 11.9 Å². The quantitative estimate of drug-likeness (QED) is 0.394. The number of hydrogen-bond acceptors (Lipinski definition) is 7. The third-order valence-electron chi connectivity index (χ3n) is 6.82. The van der Waals surface area contributed by atoms with Gasteiger partial charge in [-0.2, -0.15) is 0 Å². The SMILES string of the molecule is O=C1CCC(N2C(=O)c3ccc(CNCCCCc4ccc5c(n4)NCCC5)cc3C2=O)C(=O)N1. The Morgan fingerprint density at radius 2 is 1.86 bits per heavy atom. The molecule has 9 heteroatoms. The molecule has 1 aromatic heterocycles. The lowest BCUT2D eigenvalue weighted by Crippen LogP contribution is -2.54. The number of amides is 4. The van der Waals surface area contributed by atoms with Gasteiger partial charge in [0.2, 0.25) is 11.8 Å². The van der Waals surface area contributed by atoms with Crippen LogP contribution in [-0.4, -0.2) is 52.6 Å². The maximum atomic E-state index is 12.9. The lowest BCUT2D eigenvalue weighted by Gasteiger charge is -2.27. The highest BCUT2D eigenvalue weighted by molar-refractivity contribution is 6.23. The van der Waals surface area contributed by atoms with Crippen molar-refractivity contribution >= 4 is 29.4 Å². The van der Waals surface area contributed by atoms with Crippen molar-refractivity contribution in [2.75, 3.05) is 18.4 Å². The van der Waals surface area contributed by atoms with Crippen LogP contribution in [0.3, 0.4) is 0 Å². The van der Waals surface area contributed by atoms with Crippen molar-refractivity contribution in [3.05, 3.63) is 58.3 Å². The minimum atomic E-state index is -0.943. The number of unbranched alkanes of at least 4 members (excludes halogenated alkanes) is 1. The van der Waals surface area contributed by atoms with Crippen LogP contribution in [0.4, 0.5) is 5.82 Å². The topological polar surface area (TPSA) is 120 Å². The van der Waals surface area contributed by atoms with Gasteiger partial charge in [-0.15, -0.1) is 0 Å². The van der Waals surface area contributed by atoms with Crippen LogP contribution < -0.4 is 16.0 Å². The molecular formula is C26H29N5O4. The number of pyridine rings is 1. The van der Waals surface area contributed by atoms with E-state index in [4.69, 9.17) is 4.98 Å². The maximum absolute atomic E-state index is 12.9. The Labute approximate surface area is 203 Å². The molecule has 4 heterocycles. The van der Waals surface area contributed by atoms with Gasteiger partial charge in [-0.3, -0.25) is 29.4 Å². The van der Waals surface area contributed by atoms with Crippen molar-refractivity contribution < 1.29 is 19.2 Å². The number of anilines is 1. The van der Waals surface area contributed by atoms with E-state index in [1.165, 1.54) is 5.56 Å². The lowest BCUT2D eigenvalue weighted by molar-refractivity contribution is -0.136. The summed E-state index contributed by atoms with van der Waals surface area (Å²) in [5.74, 6) is -0.905. The monoisotopic (exact) mass is 475 g/mol. The Balaban J connectivity index is 1.11. The van der Waals surface area contributed by atoms with Gasteiger partial charge in [0, 0.05) is 25.2 Å². The standard InChI is InChI=1S/C26H29N5O4/c32-22-11-10-21(24(33)30-22)31-25(34)19-9-6-16(14-20(19)26(31)35)15-27-12-2-1-5-18-8-7-17-4-3-13-28-23(17)29-18/h6-9,14,21,27H,1-5,10-13,15H2,(H,28,29)(H,30,32,33). The van der Waals surface area contributed by atoms with E-state index in [1.807, 2.05) is 6.07 Å². The zero-order valence-corrected chi connectivity index (χ0v) is 19.6. The molecule has 1 atom stereocenters. The van der Waals surface area contributed by atoms with Crippen molar-refractivity contribution in [3.8, 4) is 0 Å². The largest absolute Gasteiger partial charge is 0.370 e. The van der Waals surface area contributed by atoms with E-state index in [9.17, 15) is 19.2 Å². The summed E-state index contributed by atoms with van der Waals surface area (Å²) in [6, 6.07) is 8.56. The highest BCUT2D eigenvalue weighted by Crippen LogP contribution is 2.28. The number of aromatic nitrogens is 1. The number of nitrogens with one attached hydrogen (secondary N) is 3. The minimum absolute atomic E-state index is 0.110. The van der Waals surface area contributed by atoms with Gasteiger partial charge in [0.15, 0.2) is 0 Å². The predicted molar refractivity (Wildman–Crippen MR) is 129 cm³/mol. The summed E-state index contributed by atoms with van der Waals surface area (Å²) in [4.78, 5) is 55.1. The van der Waals surface area contributed by atoms with Gasteiger partial charge in [0.25, 0.3) is 11.8 Å². The van der Waals surface area contributed by atoms with Crippen molar-refractivity contribution in [2.45, 2.75) is 57.5 Å². The fourth-order valence-electron chi connectivity index (χ4n) is 4.93. The molecule has 0 spiro atoms. The smallest absolute Gasteiger partial charge is 0.262 e. The molecule has 1 unspecified atom stereocenters. The molecule has 0 bridgehead atoms. The highest BCUT2D eigenvalue weighted by Gasteiger charge is 2.44. The second kappa shape index (κ2) is 9.95. The fraction of sp³-hybridized carbons (Fsp3) is 0.423. The van der Waals surface area contributed by atoms with Crippen LogP contribution in [0, 0.1) is 0 Å². The minimum Gasteiger partial charge on any atom is -0.370 e. The number of fused-ring (bicyclic) bond motifs is 2. The van der Waals surface area contributed by atoms with E-state index in [-0.39, 0.29) is 18.7 Å². The molecule has 3 N–H and O–H groups in total. The van der Waals surface area contributed by atoms with E-state index < -0.39 is 23.8 Å². The molecule has 1 saturated heterocycles. The number of nitrogens with zero attached hydrogens (tertiary/aromatic N) is 2.